The fraction of sp³-hybridized carbons (Fsp3) is 0.500. The van der Waals surface area contributed by atoms with Crippen molar-refractivity contribution in [2.24, 2.45) is 0 Å². The van der Waals surface area contributed by atoms with E-state index in [1.54, 1.807) is 18.2 Å². The molecule has 0 radical (unpaired) electrons. The Kier molecular flexibility index (Phi) is 8.74. The Hall–Kier alpha value is -1.36. The number of halogens is 1. The van der Waals surface area contributed by atoms with Crippen molar-refractivity contribution >= 4 is 27.8 Å². The number of amides is 1. The van der Waals surface area contributed by atoms with Crippen LogP contribution in [-0.2, 0) is 9.53 Å². The third-order valence-electron chi connectivity index (χ3n) is 2.98. The Morgan fingerprint density at radius 2 is 2.05 bits per heavy atom. The van der Waals surface area contributed by atoms with Gasteiger partial charge >= 0.3 is 5.97 Å². The Labute approximate surface area is 134 Å². The van der Waals surface area contributed by atoms with Crippen molar-refractivity contribution in [3.63, 3.8) is 0 Å². The first-order valence-corrected chi connectivity index (χ1v) is 8.12. The molecule has 0 aliphatic heterocycles. The molecule has 1 aromatic carbocycles. The summed E-state index contributed by atoms with van der Waals surface area (Å²) in [5.41, 5.74) is 0.496. The van der Waals surface area contributed by atoms with Crippen LogP contribution in [0, 0.1) is 0 Å². The number of carbonyl (C=O) groups is 2. The third kappa shape index (κ3) is 7.85. The van der Waals surface area contributed by atoms with E-state index in [1.807, 2.05) is 6.07 Å². The van der Waals surface area contributed by atoms with E-state index < -0.39 is 0 Å². The van der Waals surface area contributed by atoms with E-state index >= 15 is 0 Å². The van der Waals surface area contributed by atoms with Crippen LogP contribution in [0.15, 0.2) is 28.7 Å². The summed E-state index contributed by atoms with van der Waals surface area (Å²) in [6.45, 7) is 2.68. The summed E-state index contributed by atoms with van der Waals surface area (Å²) in [7, 11) is 0. The number of carbonyl (C=O) groups excluding carboxylic acids is 2. The maximum Gasteiger partial charge on any atom is 0.338 e. The monoisotopic (exact) mass is 355 g/mol. The zero-order chi connectivity index (χ0) is 15.5. The molecule has 0 bridgehead atoms. The lowest BCUT2D eigenvalue weighted by Crippen LogP contribution is -2.27. The molecule has 5 heteroatoms. The minimum absolute atomic E-state index is 0.0182. The molecule has 0 fully saturated rings. The normalized spacial score (nSPS) is 10.2. The van der Waals surface area contributed by atoms with Crippen molar-refractivity contribution < 1.29 is 14.3 Å². The van der Waals surface area contributed by atoms with Gasteiger partial charge in [-0.1, -0.05) is 48.2 Å². The van der Waals surface area contributed by atoms with Crippen LogP contribution in [0.1, 0.15) is 49.4 Å². The van der Waals surface area contributed by atoms with E-state index in [0.717, 1.165) is 30.2 Å². The highest BCUT2D eigenvalue weighted by molar-refractivity contribution is 9.10. The lowest BCUT2D eigenvalue weighted by atomic mass is 10.1. The molecule has 0 unspecified atom stereocenters. The molecule has 116 valence electrons. The SMILES string of the molecule is CCCCCCC(=O)NCCOC(=O)c1cccc(Br)c1. The van der Waals surface area contributed by atoms with Gasteiger partial charge in [0.25, 0.3) is 0 Å². The fourth-order valence-corrected chi connectivity index (χ4v) is 2.23. The van der Waals surface area contributed by atoms with Gasteiger partial charge in [-0.2, -0.15) is 0 Å². The summed E-state index contributed by atoms with van der Waals surface area (Å²) in [6.07, 6.45) is 4.86. The fourth-order valence-electron chi connectivity index (χ4n) is 1.83. The zero-order valence-electron chi connectivity index (χ0n) is 12.4. The molecule has 0 saturated carbocycles. The molecule has 0 saturated heterocycles. The molecule has 0 aromatic heterocycles. The maximum atomic E-state index is 11.7. The zero-order valence-corrected chi connectivity index (χ0v) is 13.9. The number of nitrogens with one attached hydrogen (secondary N) is 1. The molecule has 1 aromatic rings. The van der Waals surface area contributed by atoms with Gasteiger partial charge in [0.05, 0.1) is 12.1 Å². The van der Waals surface area contributed by atoms with Crippen LogP contribution in [0.4, 0.5) is 0 Å². The summed E-state index contributed by atoms with van der Waals surface area (Å²) in [5, 5.41) is 2.75. The molecule has 0 atom stereocenters. The molecular weight excluding hydrogens is 334 g/mol. The largest absolute Gasteiger partial charge is 0.460 e. The number of hydrogen-bond acceptors (Lipinski definition) is 3. The van der Waals surface area contributed by atoms with Gasteiger partial charge in [0.2, 0.25) is 5.91 Å². The van der Waals surface area contributed by atoms with Crippen LogP contribution in [-0.4, -0.2) is 25.0 Å². The highest BCUT2D eigenvalue weighted by Gasteiger charge is 2.07. The Morgan fingerprint density at radius 3 is 2.76 bits per heavy atom. The summed E-state index contributed by atoms with van der Waals surface area (Å²) in [5.74, 6) is -0.363. The van der Waals surface area contributed by atoms with Crippen molar-refractivity contribution in [1.82, 2.24) is 5.32 Å². The van der Waals surface area contributed by atoms with Gasteiger partial charge in [0.1, 0.15) is 6.61 Å². The second-order valence-electron chi connectivity index (χ2n) is 4.81. The molecule has 21 heavy (non-hydrogen) atoms. The van der Waals surface area contributed by atoms with Crippen LogP contribution >= 0.6 is 15.9 Å². The lowest BCUT2D eigenvalue weighted by Gasteiger charge is -2.07. The van der Waals surface area contributed by atoms with E-state index in [0.29, 0.717) is 18.5 Å². The maximum absolute atomic E-state index is 11.7. The number of rotatable bonds is 9. The van der Waals surface area contributed by atoms with Gasteiger partial charge < -0.3 is 10.1 Å². The topological polar surface area (TPSA) is 55.4 Å². The van der Waals surface area contributed by atoms with E-state index in [9.17, 15) is 9.59 Å². The minimum Gasteiger partial charge on any atom is -0.460 e. The van der Waals surface area contributed by atoms with Crippen LogP contribution in [0.3, 0.4) is 0 Å². The lowest BCUT2D eigenvalue weighted by molar-refractivity contribution is -0.121. The van der Waals surface area contributed by atoms with E-state index in [4.69, 9.17) is 4.74 Å². The second-order valence-corrected chi connectivity index (χ2v) is 5.72. The van der Waals surface area contributed by atoms with Crippen molar-refractivity contribution in [2.45, 2.75) is 39.0 Å². The summed E-state index contributed by atoms with van der Waals surface area (Å²) in [4.78, 5) is 23.2. The van der Waals surface area contributed by atoms with E-state index in [-0.39, 0.29) is 18.5 Å². The highest BCUT2D eigenvalue weighted by atomic mass is 79.9. The first-order valence-electron chi connectivity index (χ1n) is 7.33. The van der Waals surface area contributed by atoms with Crippen molar-refractivity contribution in [2.75, 3.05) is 13.2 Å². The highest BCUT2D eigenvalue weighted by Crippen LogP contribution is 2.12. The van der Waals surface area contributed by atoms with Gasteiger partial charge in [-0.15, -0.1) is 0 Å². The summed E-state index contributed by atoms with van der Waals surface area (Å²) >= 11 is 3.30. The first-order chi connectivity index (χ1) is 10.1. The van der Waals surface area contributed by atoms with Gasteiger partial charge in [0.15, 0.2) is 0 Å². The average Bonchev–Trinajstić information content (AvgIpc) is 2.48. The Morgan fingerprint density at radius 1 is 1.24 bits per heavy atom. The van der Waals surface area contributed by atoms with Crippen LogP contribution < -0.4 is 5.32 Å². The average molecular weight is 356 g/mol. The van der Waals surface area contributed by atoms with Crippen LogP contribution in [0.2, 0.25) is 0 Å². The predicted octanol–water partition coefficient (Wildman–Crippen LogP) is 3.69. The molecule has 4 nitrogen and oxygen atoms in total. The van der Waals surface area contributed by atoms with Gasteiger partial charge in [-0.3, -0.25) is 4.79 Å². The number of benzene rings is 1. The molecule has 0 aliphatic carbocycles. The minimum atomic E-state index is -0.381. The Bertz CT molecular complexity index is 463. The van der Waals surface area contributed by atoms with Gasteiger partial charge in [0, 0.05) is 10.9 Å². The quantitative estimate of drug-likeness (QED) is 0.542. The smallest absolute Gasteiger partial charge is 0.338 e. The number of hydrogen-bond donors (Lipinski definition) is 1. The molecule has 0 spiro atoms. The van der Waals surface area contributed by atoms with E-state index in [2.05, 4.69) is 28.2 Å². The third-order valence-corrected chi connectivity index (χ3v) is 3.47. The predicted molar refractivity (Wildman–Crippen MR) is 86.2 cm³/mol. The molecule has 1 rings (SSSR count). The molecule has 1 amide bonds. The van der Waals surface area contributed by atoms with Crippen LogP contribution in [0.25, 0.3) is 0 Å². The standard InChI is InChI=1S/C16H22BrNO3/c1-2-3-4-5-9-15(19)18-10-11-21-16(20)13-7-6-8-14(17)12-13/h6-8,12H,2-5,9-11H2,1H3,(H,18,19). The molecule has 0 aliphatic rings. The number of esters is 1. The summed E-state index contributed by atoms with van der Waals surface area (Å²) in [6, 6.07) is 7.02. The van der Waals surface area contributed by atoms with Crippen molar-refractivity contribution in [1.29, 1.82) is 0 Å². The van der Waals surface area contributed by atoms with Crippen LogP contribution in [0.5, 0.6) is 0 Å². The van der Waals surface area contributed by atoms with Gasteiger partial charge in [-0.25, -0.2) is 4.79 Å². The number of ether oxygens (including phenoxy) is 1. The molecule has 0 heterocycles. The van der Waals surface area contributed by atoms with Gasteiger partial charge in [-0.05, 0) is 24.6 Å². The van der Waals surface area contributed by atoms with E-state index in [1.165, 1.54) is 0 Å². The number of unbranched alkanes of at least 4 members (excludes halogenated alkanes) is 3. The van der Waals surface area contributed by atoms with Crippen molar-refractivity contribution in [3.05, 3.63) is 34.3 Å². The molecule has 1 N–H and O–H groups in total. The second kappa shape index (κ2) is 10.4. The van der Waals surface area contributed by atoms with Crippen molar-refractivity contribution in [3.8, 4) is 0 Å². The molecular formula is C16H22BrNO3. The Balaban J connectivity index is 2.13. The first kappa shape index (κ1) is 17.7. The summed E-state index contributed by atoms with van der Waals surface area (Å²) < 4.78 is 5.93.